The number of piperidine rings is 1. The highest BCUT2D eigenvalue weighted by Crippen LogP contribution is 2.28. The molecule has 0 unspecified atom stereocenters. The van der Waals surface area contributed by atoms with Crippen LogP contribution in [0.1, 0.15) is 39.0 Å². The zero-order valence-electron chi connectivity index (χ0n) is 15.3. The van der Waals surface area contributed by atoms with Gasteiger partial charge in [-0.05, 0) is 50.2 Å². The molecule has 0 spiro atoms. The number of anilines is 1. The fourth-order valence-corrected chi connectivity index (χ4v) is 4.20. The van der Waals surface area contributed by atoms with Crippen molar-refractivity contribution in [3.63, 3.8) is 0 Å². The number of nitrogens with zero attached hydrogens (tertiary/aromatic N) is 2. The van der Waals surface area contributed by atoms with Crippen LogP contribution in [0, 0.1) is 11.8 Å². The lowest BCUT2D eigenvalue weighted by Gasteiger charge is -2.32. The maximum Gasteiger partial charge on any atom is 0.242 e. The molecule has 26 heavy (non-hydrogen) atoms. The molecule has 7 nitrogen and oxygen atoms in total. The monoisotopic (exact) mass is 380 g/mol. The van der Waals surface area contributed by atoms with E-state index in [0.717, 1.165) is 44.5 Å². The Balaban J connectivity index is 1.61. The Kier molecular flexibility index (Phi) is 6.13. The predicted octanol–water partition coefficient (Wildman–Crippen LogP) is 1.51. The van der Waals surface area contributed by atoms with E-state index in [9.17, 15) is 13.2 Å². The maximum atomic E-state index is 12.3. The predicted molar refractivity (Wildman–Crippen MR) is 100 cm³/mol. The average Bonchev–Trinajstić information content (AvgIpc) is 3.49. The van der Waals surface area contributed by atoms with Crippen LogP contribution in [0.2, 0.25) is 0 Å². The SMILES string of the molecule is CCCNC(=O)[C@@H]1CCCN(c2ccc(S(=O)(=O)NCC3CC3)cn2)C1. The standard InChI is InChI=1S/C18H28N4O3S/c1-2-9-19-18(23)15-4-3-10-22(13-15)17-8-7-16(12-20-17)26(24,25)21-11-14-5-6-14/h7-8,12,14-15,21H,2-6,9-11,13H2,1H3,(H,19,23)/t15-/m1/s1. The first-order valence-electron chi connectivity index (χ1n) is 9.48. The van der Waals surface area contributed by atoms with Gasteiger partial charge in [-0.1, -0.05) is 6.92 Å². The molecule has 2 aliphatic rings. The number of pyridine rings is 1. The van der Waals surface area contributed by atoms with E-state index in [1.165, 1.54) is 6.20 Å². The molecule has 8 heteroatoms. The lowest BCUT2D eigenvalue weighted by Crippen LogP contribution is -2.43. The van der Waals surface area contributed by atoms with E-state index in [2.05, 4.69) is 19.9 Å². The molecular formula is C18H28N4O3S. The highest BCUT2D eigenvalue weighted by Gasteiger charge is 2.27. The van der Waals surface area contributed by atoms with Crippen molar-refractivity contribution in [2.45, 2.75) is 43.9 Å². The molecular weight excluding hydrogens is 352 g/mol. The van der Waals surface area contributed by atoms with Gasteiger partial charge in [0, 0.05) is 32.4 Å². The van der Waals surface area contributed by atoms with E-state index in [-0.39, 0.29) is 16.7 Å². The molecule has 1 atom stereocenters. The summed E-state index contributed by atoms with van der Waals surface area (Å²) >= 11 is 0. The van der Waals surface area contributed by atoms with E-state index in [4.69, 9.17) is 0 Å². The Bertz CT molecular complexity index is 716. The number of amides is 1. The van der Waals surface area contributed by atoms with Crippen molar-refractivity contribution in [3.05, 3.63) is 18.3 Å². The number of carbonyl (C=O) groups excluding carboxylic acids is 1. The van der Waals surface area contributed by atoms with Gasteiger partial charge in [-0.15, -0.1) is 0 Å². The summed E-state index contributed by atoms with van der Waals surface area (Å²) in [4.78, 5) is 18.8. The van der Waals surface area contributed by atoms with Gasteiger partial charge in [-0.2, -0.15) is 0 Å². The molecule has 1 saturated carbocycles. The van der Waals surface area contributed by atoms with Crippen LogP contribution in [0.4, 0.5) is 5.82 Å². The molecule has 1 saturated heterocycles. The van der Waals surface area contributed by atoms with E-state index in [1.54, 1.807) is 12.1 Å². The van der Waals surface area contributed by atoms with Gasteiger partial charge in [0.1, 0.15) is 10.7 Å². The van der Waals surface area contributed by atoms with Crippen molar-refractivity contribution in [3.8, 4) is 0 Å². The average molecular weight is 381 g/mol. The molecule has 1 aliphatic heterocycles. The van der Waals surface area contributed by atoms with Crippen molar-refractivity contribution >= 4 is 21.7 Å². The van der Waals surface area contributed by atoms with Gasteiger partial charge in [0.2, 0.25) is 15.9 Å². The zero-order valence-corrected chi connectivity index (χ0v) is 16.1. The van der Waals surface area contributed by atoms with E-state index in [0.29, 0.717) is 25.6 Å². The molecule has 1 aromatic rings. The molecule has 1 amide bonds. The zero-order chi connectivity index (χ0) is 18.6. The Morgan fingerprint density at radius 3 is 2.77 bits per heavy atom. The second-order valence-electron chi connectivity index (χ2n) is 7.22. The van der Waals surface area contributed by atoms with Crippen LogP contribution in [0.3, 0.4) is 0 Å². The number of carbonyl (C=O) groups is 1. The van der Waals surface area contributed by atoms with Crippen LogP contribution in [0.5, 0.6) is 0 Å². The van der Waals surface area contributed by atoms with Crippen LogP contribution >= 0.6 is 0 Å². The van der Waals surface area contributed by atoms with Crippen molar-refractivity contribution < 1.29 is 13.2 Å². The number of aromatic nitrogens is 1. The number of hydrogen-bond acceptors (Lipinski definition) is 5. The Hall–Kier alpha value is -1.67. The van der Waals surface area contributed by atoms with E-state index >= 15 is 0 Å². The molecule has 1 aliphatic carbocycles. The van der Waals surface area contributed by atoms with Gasteiger partial charge in [0.25, 0.3) is 0 Å². The first-order valence-corrected chi connectivity index (χ1v) is 11.0. The van der Waals surface area contributed by atoms with E-state index in [1.807, 2.05) is 6.92 Å². The second kappa shape index (κ2) is 8.35. The third kappa shape index (κ3) is 4.94. The highest BCUT2D eigenvalue weighted by atomic mass is 32.2. The summed E-state index contributed by atoms with van der Waals surface area (Å²) in [6.45, 7) is 4.69. The largest absolute Gasteiger partial charge is 0.356 e. The fourth-order valence-electron chi connectivity index (χ4n) is 3.14. The Labute approximate surface area is 155 Å². The molecule has 0 radical (unpaired) electrons. The summed E-state index contributed by atoms with van der Waals surface area (Å²) < 4.78 is 27.2. The van der Waals surface area contributed by atoms with Gasteiger partial charge in [-0.25, -0.2) is 18.1 Å². The number of hydrogen-bond donors (Lipinski definition) is 2. The first kappa shape index (κ1) is 19.1. The van der Waals surface area contributed by atoms with Crippen LogP contribution in [0.25, 0.3) is 0 Å². The van der Waals surface area contributed by atoms with Crippen LogP contribution in [0.15, 0.2) is 23.2 Å². The van der Waals surface area contributed by atoms with Gasteiger partial charge in [-0.3, -0.25) is 4.79 Å². The molecule has 2 fully saturated rings. The number of rotatable bonds is 8. The number of sulfonamides is 1. The summed E-state index contributed by atoms with van der Waals surface area (Å²) in [5.41, 5.74) is 0. The van der Waals surface area contributed by atoms with Crippen LogP contribution in [-0.4, -0.2) is 45.5 Å². The summed E-state index contributed by atoms with van der Waals surface area (Å²) in [5.74, 6) is 1.26. The third-order valence-corrected chi connectivity index (χ3v) is 6.36. The fraction of sp³-hybridized carbons (Fsp3) is 0.667. The van der Waals surface area contributed by atoms with E-state index < -0.39 is 10.0 Å². The van der Waals surface area contributed by atoms with Crippen LogP contribution in [-0.2, 0) is 14.8 Å². The lowest BCUT2D eigenvalue weighted by atomic mass is 9.97. The molecule has 1 aromatic heterocycles. The van der Waals surface area contributed by atoms with Crippen molar-refractivity contribution in [2.75, 3.05) is 31.1 Å². The van der Waals surface area contributed by atoms with Gasteiger partial charge >= 0.3 is 0 Å². The van der Waals surface area contributed by atoms with Crippen LogP contribution < -0.4 is 14.9 Å². The summed E-state index contributed by atoms with van der Waals surface area (Å²) in [5, 5.41) is 2.96. The maximum absolute atomic E-state index is 12.3. The Morgan fingerprint density at radius 1 is 1.31 bits per heavy atom. The molecule has 2 N–H and O–H groups in total. The summed E-state index contributed by atoms with van der Waals surface area (Å²) in [6, 6.07) is 3.33. The molecule has 0 bridgehead atoms. The minimum absolute atomic E-state index is 0.0410. The quantitative estimate of drug-likeness (QED) is 0.713. The molecule has 3 rings (SSSR count). The van der Waals surface area contributed by atoms with Crippen molar-refractivity contribution in [1.29, 1.82) is 0 Å². The third-order valence-electron chi connectivity index (χ3n) is 4.96. The summed E-state index contributed by atoms with van der Waals surface area (Å²) in [7, 11) is -3.49. The summed E-state index contributed by atoms with van der Waals surface area (Å²) in [6.07, 6.45) is 6.33. The topological polar surface area (TPSA) is 91.4 Å². The molecule has 144 valence electrons. The number of nitrogens with one attached hydrogen (secondary N) is 2. The Morgan fingerprint density at radius 2 is 2.12 bits per heavy atom. The lowest BCUT2D eigenvalue weighted by molar-refractivity contribution is -0.125. The minimum atomic E-state index is -3.49. The van der Waals surface area contributed by atoms with Gasteiger partial charge in [0.15, 0.2) is 0 Å². The normalized spacial score (nSPS) is 20.8. The second-order valence-corrected chi connectivity index (χ2v) is 8.99. The molecule has 0 aromatic carbocycles. The van der Waals surface area contributed by atoms with Crippen molar-refractivity contribution in [1.82, 2.24) is 15.0 Å². The smallest absolute Gasteiger partial charge is 0.242 e. The van der Waals surface area contributed by atoms with Gasteiger partial charge < -0.3 is 10.2 Å². The highest BCUT2D eigenvalue weighted by molar-refractivity contribution is 7.89. The van der Waals surface area contributed by atoms with Gasteiger partial charge in [0.05, 0.1) is 5.92 Å². The first-order chi connectivity index (χ1) is 12.5. The molecule has 2 heterocycles. The minimum Gasteiger partial charge on any atom is -0.356 e. The van der Waals surface area contributed by atoms with Crippen molar-refractivity contribution in [2.24, 2.45) is 11.8 Å².